The van der Waals surface area contributed by atoms with E-state index in [1.165, 1.54) is 6.21 Å². The van der Waals surface area contributed by atoms with Crippen molar-refractivity contribution >= 4 is 35.3 Å². The van der Waals surface area contributed by atoms with Gasteiger partial charge in [0.05, 0.1) is 13.3 Å². The molecule has 37 heavy (non-hydrogen) atoms. The van der Waals surface area contributed by atoms with Gasteiger partial charge in [0.1, 0.15) is 23.9 Å². The fourth-order valence-corrected chi connectivity index (χ4v) is 2.89. The molecule has 0 heterocycles. The van der Waals surface area contributed by atoms with Crippen LogP contribution in [0.5, 0.6) is 17.2 Å². The number of carbonyl (C=O) groups excluding carboxylic acids is 3. The SMILES string of the molecule is C=CCOc1ccc(NC(=O)C(=O)N/N=C\c2ccc(OCC(=O)Nc3cccc(OC)c3)cc2)cc1. The molecule has 10 heteroatoms. The second-order valence-corrected chi connectivity index (χ2v) is 7.42. The van der Waals surface area contributed by atoms with Gasteiger partial charge in [0, 0.05) is 17.4 Å². The first-order chi connectivity index (χ1) is 18.0. The molecule has 0 aliphatic carbocycles. The Morgan fingerprint density at radius 2 is 1.54 bits per heavy atom. The molecule has 0 bridgehead atoms. The lowest BCUT2D eigenvalue weighted by atomic mass is 10.2. The zero-order valence-electron chi connectivity index (χ0n) is 20.1. The lowest BCUT2D eigenvalue weighted by Gasteiger charge is -2.08. The van der Waals surface area contributed by atoms with Gasteiger partial charge in [-0.15, -0.1) is 0 Å². The number of hydrogen-bond acceptors (Lipinski definition) is 7. The lowest BCUT2D eigenvalue weighted by molar-refractivity contribution is -0.136. The van der Waals surface area contributed by atoms with Gasteiger partial charge in [-0.05, 0) is 66.2 Å². The maximum atomic E-state index is 12.1. The van der Waals surface area contributed by atoms with E-state index in [0.717, 1.165) is 0 Å². The maximum Gasteiger partial charge on any atom is 0.329 e. The molecule has 3 aromatic carbocycles. The number of methoxy groups -OCH3 is 1. The van der Waals surface area contributed by atoms with Crippen LogP contribution in [0.2, 0.25) is 0 Å². The highest BCUT2D eigenvalue weighted by molar-refractivity contribution is 6.39. The lowest BCUT2D eigenvalue weighted by Crippen LogP contribution is -2.32. The number of hydrazone groups is 1. The summed E-state index contributed by atoms with van der Waals surface area (Å²) < 4.78 is 16.0. The Labute approximate surface area is 213 Å². The summed E-state index contributed by atoms with van der Waals surface area (Å²) in [6.07, 6.45) is 2.99. The van der Waals surface area contributed by atoms with E-state index in [4.69, 9.17) is 14.2 Å². The van der Waals surface area contributed by atoms with Crippen molar-refractivity contribution in [1.82, 2.24) is 5.43 Å². The molecule has 0 spiro atoms. The van der Waals surface area contributed by atoms with Gasteiger partial charge in [0.25, 0.3) is 5.91 Å². The van der Waals surface area contributed by atoms with Gasteiger partial charge >= 0.3 is 11.8 Å². The van der Waals surface area contributed by atoms with Gasteiger partial charge in [-0.2, -0.15) is 5.10 Å². The first kappa shape index (κ1) is 26.5. The van der Waals surface area contributed by atoms with Gasteiger partial charge in [0.15, 0.2) is 6.61 Å². The van der Waals surface area contributed by atoms with Crippen LogP contribution in [0.25, 0.3) is 0 Å². The normalized spacial score (nSPS) is 10.3. The van der Waals surface area contributed by atoms with Crippen molar-refractivity contribution in [2.75, 3.05) is 31.0 Å². The third-order valence-electron chi connectivity index (χ3n) is 4.67. The summed E-state index contributed by atoms with van der Waals surface area (Å²) >= 11 is 0. The zero-order valence-corrected chi connectivity index (χ0v) is 20.1. The number of carbonyl (C=O) groups is 3. The fraction of sp³-hybridized carbons (Fsp3) is 0.111. The van der Waals surface area contributed by atoms with Gasteiger partial charge in [-0.1, -0.05) is 18.7 Å². The number of nitrogens with zero attached hydrogens (tertiary/aromatic N) is 1. The van der Waals surface area contributed by atoms with Crippen molar-refractivity contribution in [2.45, 2.75) is 0 Å². The monoisotopic (exact) mass is 502 g/mol. The summed E-state index contributed by atoms with van der Waals surface area (Å²) in [6.45, 7) is 3.75. The molecule has 3 amide bonds. The van der Waals surface area contributed by atoms with Crippen molar-refractivity contribution in [3.63, 3.8) is 0 Å². The van der Waals surface area contributed by atoms with Crippen LogP contribution in [0.1, 0.15) is 5.56 Å². The van der Waals surface area contributed by atoms with Crippen LogP contribution in [0, 0.1) is 0 Å². The molecule has 3 N–H and O–H groups in total. The minimum absolute atomic E-state index is 0.180. The Kier molecular flexibility index (Phi) is 9.80. The molecule has 0 radical (unpaired) electrons. The van der Waals surface area contributed by atoms with Gasteiger partial charge < -0.3 is 24.8 Å². The molecule has 3 aromatic rings. The second kappa shape index (κ2) is 13.7. The molecule has 3 rings (SSSR count). The van der Waals surface area contributed by atoms with Crippen LogP contribution in [-0.4, -0.2) is 44.3 Å². The Morgan fingerprint density at radius 1 is 0.838 bits per heavy atom. The zero-order chi connectivity index (χ0) is 26.5. The van der Waals surface area contributed by atoms with E-state index < -0.39 is 11.8 Å². The van der Waals surface area contributed by atoms with E-state index >= 15 is 0 Å². The largest absolute Gasteiger partial charge is 0.497 e. The number of nitrogens with one attached hydrogen (secondary N) is 3. The predicted molar refractivity (Wildman–Crippen MR) is 140 cm³/mol. The molecule has 0 fully saturated rings. The Hall–Kier alpha value is -5.12. The van der Waals surface area contributed by atoms with Crippen LogP contribution in [0.15, 0.2) is 90.6 Å². The topological polar surface area (TPSA) is 127 Å². The predicted octanol–water partition coefficient (Wildman–Crippen LogP) is 3.37. The Balaban J connectivity index is 1.41. The first-order valence-corrected chi connectivity index (χ1v) is 11.1. The summed E-state index contributed by atoms with van der Waals surface area (Å²) in [5.41, 5.74) is 3.84. The van der Waals surface area contributed by atoms with Gasteiger partial charge in [-0.3, -0.25) is 14.4 Å². The van der Waals surface area contributed by atoms with E-state index in [1.54, 1.807) is 86.0 Å². The third-order valence-corrected chi connectivity index (χ3v) is 4.67. The van der Waals surface area contributed by atoms with Crippen LogP contribution in [-0.2, 0) is 14.4 Å². The number of hydrogen-bond donors (Lipinski definition) is 3. The highest BCUT2D eigenvalue weighted by Gasteiger charge is 2.13. The second-order valence-electron chi connectivity index (χ2n) is 7.42. The smallest absolute Gasteiger partial charge is 0.329 e. The minimum Gasteiger partial charge on any atom is -0.497 e. The molecule has 0 saturated carbocycles. The molecule has 10 nitrogen and oxygen atoms in total. The van der Waals surface area contributed by atoms with Crippen LogP contribution >= 0.6 is 0 Å². The van der Waals surface area contributed by atoms with Crippen LogP contribution < -0.4 is 30.3 Å². The van der Waals surface area contributed by atoms with E-state index in [0.29, 0.717) is 40.8 Å². The summed E-state index contributed by atoms with van der Waals surface area (Å²) in [7, 11) is 1.55. The molecular weight excluding hydrogens is 476 g/mol. The summed E-state index contributed by atoms with van der Waals surface area (Å²) in [6, 6.07) is 20.2. The average molecular weight is 503 g/mol. The van der Waals surface area contributed by atoms with Crippen molar-refractivity contribution in [2.24, 2.45) is 5.10 Å². The number of ether oxygens (including phenoxy) is 3. The number of rotatable bonds is 11. The molecular formula is C27H26N4O6. The summed E-state index contributed by atoms with van der Waals surface area (Å²) in [4.78, 5) is 36.1. The average Bonchev–Trinajstić information content (AvgIpc) is 2.92. The minimum atomic E-state index is -0.926. The summed E-state index contributed by atoms with van der Waals surface area (Å²) in [5, 5.41) is 8.98. The highest BCUT2D eigenvalue weighted by atomic mass is 16.5. The number of anilines is 2. The fourth-order valence-electron chi connectivity index (χ4n) is 2.89. The molecule has 190 valence electrons. The Bertz CT molecular complexity index is 1260. The van der Waals surface area contributed by atoms with Crippen LogP contribution in [0.3, 0.4) is 0 Å². The van der Waals surface area contributed by atoms with Crippen molar-refractivity contribution in [3.05, 3.63) is 91.0 Å². The van der Waals surface area contributed by atoms with E-state index in [1.807, 2.05) is 0 Å². The van der Waals surface area contributed by atoms with E-state index in [-0.39, 0.29) is 12.5 Å². The quantitative estimate of drug-likeness (QED) is 0.160. The maximum absolute atomic E-state index is 12.1. The first-order valence-electron chi connectivity index (χ1n) is 11.1. The highest BCUT2D eigenvalue weighted by Crippen LogP contribution is 2.17. The molecule has 0 aliphatic rings. The number of amides is 3. The summed E-state index contributed by atoms with van der Waals surface area (Å²) in [5.74, 6) is -0.398. The van der Waals surface area contributed by atoms with Gasteiger partial charge in [-0.25, -0.2) is 5.43 Å². The van der Waals surface area contributed by atoms with Crippen molar-refractivity contribution in [3.8, 4) is 17.2 Å². The van der Waals surface area contributed by atoms with E-state index in [2.05, 4.69) is 27.7 Å². The van der Waals surface area contributed by atoms with Gasteiger partial charge in [0.2, 0.25) is 0 Å². The van der Waals surface area contributed by atoms with Crippen molar-refractivity contribution < 1.29 is 28.6 Å². The molecule has 0 aromatic heterocycles. The molecule has 0 atom stereocenters. The molecule has 0 saturated heterocycles. The third kappa shape index (κ3) is 8.87. The standard InChI is InChI=1S/C27H26N4O6/c1-3-15-36-22-13-9-20(10-14-22)30-26(33)27(34)31-28-17-19-7-11-23(12-8-19)37-18-25(32)29-21-5-4-6-24(16-21)35-2/h3-14,16-17H,1,15,18H2,2H3,(H,29,32)(H,30,33)(H,31,34)/b28-17-. The number of benzene rings is 3. The Morgan fingerprint density at radius 3 is 2.24 bits per heavy atom. The molecule has 0 unspecified atom stereocenters. The molecule has 0 aliphatic heterocycles. The van der Waals surface area contributed by atoms with E-state index in [9.17, 15) is 14.4 Å². The van der Waals surface area contributed by atoms with Crippen molar-refractivity contribution in [1.29, 1.82) is 0 Å². The van der Waals surface area contributed by atoms with Crippen LogP contribution in [0.4, 0.5) is 11.4 Å².